The van der Waals surface area contributed by atoms with Gasteiger partial charge in [-0.1, -0.05) is 32.1 Å². The number of amides is 2. The van der Waals surface area contributed by atoms with E-state index in [2.05, 4.69) is 10.6 Å². The van der Waals surface area contributed by atoms with E-state index in [9.17, 15) is 9.59 Å². The summed E-state index contributed by atoms with van der Waals surface area (Å²) in [6.07, 6.45) is 7.13. The maximum absolute atomic E-state index is 12.5. The van der Waals surface area contributed by atoms with Gasteiger partial charge in [0.1, 0.15) is 12.1 Å². The van der Waals surface area contributed by atoms with Crippen LogP contribution in [0.15, 0.2) is 0 Å². The molecule has 3 aliphatic rings. The van der Waals surface area contributed by atoms with Gasteiger partial charge in [0.05, 0.1) is 0 Å². The summed E-state index contributed by atoms with van der Waals surface area (Å²) in [6.45, 7) is 2.05. The van der Waals surface area contributed by atoms with Crippen LogP contribution in [-0.2, 0) is 9.59 Å². The van der Waals surface area contributed by atoms with Crippen molar-refractivity contribution >= 4 is 11.8 Å². The Labute approximate surface area is 114 Å². The summed E-state index contributed by atoms with van der Waals surface area (Å²) in [5, 5.41) is 6.12. The molecule has 5 nitrogen and oxygen atoms in total. The number of nitrogens with zero attached hydrogens (tertiary/aromatic N) is 1. The second-order valence-corrected chi connectivity index (χ2v) is 6.05. The van der Waals surface area contributed by atoms with Crippen LogP contribution in [0.1, 0.15) is 38.5 Å². The molecule has 0 aromatic rings. The van der Waals surface area contributed by atoms with E-state index < -0.39 is 0 Å². The zero-order valence-corrected chi connectivity index (χ0v) is 11.4. The lowest BCUT2D eigenvalue weighted by Crippen LogP contribution is -2.68. The van der Waals surface area contributed by atoms with Crippen molar-refractivity contribution in [1.29, 1.82) is 0 Å². The lowest BCUT2D eigenvalue weighted by molar-refractivity contribution is -0.150. The molecule has 0 aromatic heterocycles. The van der Waals surface area contributed by atoms with Crippen molar-refractivity contribution in [1.82, 2.24) is 15.5 Å². The highest BCUT2D eigenvalue weighted by molar-refractivity contribution is 5.97. The standard InChI is InChI=1S/C14H23N3O2/c18-13-12-9-15-6-7-17(12)14(19)11(16-13)8-10-4-2-1-3-5-10/h10-12,15H,1-9H2,(H,16,18)/t11-,12+/m0/s1. The summed E-state index contributed by atoms with van der Waals surface area (Å²) in [5.74, 6) is 0.770. The van der Waals surface area contributed by atoms with Crippen molar-refractivity contribution in [2.24, 2.45) is 5.92 Å². The Morgan fingerprint density at radius 2 is 1.95 bits per heavy atom. The van der Waals surface area contributed by atoms with Gasteiger partial charge in [-0.3, -0.25) is 9.59 Å². The molecule has 2 amide bonds. The van der Waals surface area contributed by atoms with E-state index in [-0.39, 0.29) is 23.9 Å². The molecule has 2 aliphatic heterocycles. The molecule has 0 radical (unpaired) electrons. The maximum atomic E-state index is 12.5. The molecule has 2 N–H and O–H groups in total. The van der Waals surface area contributed by atoms with E-state index in [1.54, 1.807) is 4.90 Å². The Balaban J connectivity index is 1.65. The fourth-order valence-corrected chi connectivity index (χ4v) is 3.65. The van der Waals surface area contributed by atoms with E-state index in [1.165, 1.54) is 32.1 Å². The van der Waals surface area contributed by atoms with Crippen LogP contribution in [0.25, 0.3) is 0 Å². The minimum absolute atomic E-state index is 0.0209. The minimum atomic E-state index is -0.288. The number of nitrogens with one attached hydrogen (secondary N) is 2. The van der Waals surface area contributed by atoms with Crippen LogP contribution in [0.4, 0.5) is 0 Å². The molecular weight excluding hydrogens is 242 g/mol. The molecule has 1 aliphatic carbocycles. The van der Waals surface area contributed by atoms with Crippen LogP contribution < -0.4 is 10.6 Å². The van der Waals surface area contributed by atoms with Crippen molar-refractivity contribution in [3.05, 3.63) is 0 Å². The summed E-state index contributed by atoms with van der Waals surface area (Å²) in [5.41, 5.74) is 0. The molecule has 3 rings (SSSR count). The molecule has 2 saturated heterocycles. The molecule has 0 bridgehead atoms. The van der Waals surface area contributed by atoms with Gasteiger partial charge in [-0.2, -0.15) is 0 Å². The van der Waals surface area contributed by atoms with E-state index in [1.807, 2.05) is 0 Å². The monoisotopic (exact) mass is 265 g/mol. The van der Waals surface area contributed by atoms with Gasteiger partial charge in [0.2, 0.25) is 11.8 Å². The third-order valence-corrected chi connectivity index (χ3v) is 4.74. The Bertz CT molecular complexity index is 366. The first kappa shape index (κ1) is 12.9. The topological polar surface area (TPSA) is 61.4 Å². The third kappa shape index (κ3) is 2.61. The number of carbonyl (C=O) groups excluding carboxylic acids is 2. The molecule has 0 unspecified atom stereocenters. The van der Waals surface area contributed by atoms with Crippen molar-refractivity contribution in [2.45, 2.75) is 50.6 Å². The lowest BCUT2D eigenvalue weighted by Gasteiger charge is -2.42. The average molecular weight is 265 g/mol. The molecule has 1 saturated carbocycles. The van der Waals surface area contributed by atoms with Crippen molar-refractivity contribution in [3.8, 4) is 0 Å². The molecule has 2 atom stereocenters. The Kier molecular flexibility index (Phi) is 3.73. The van der Waals surface area contributed by atoms with Crippen LogP contribution in [0, 0.1) is 5.92 Å². The Morgan fingerprint density at radius 3 is 2.74 bits per heavy atom. The second kappa shape index (κ2) is 5.49. The molecule has 0 aromatic carbocycles. The lowest BCUT2D eigenvalue weighted by atomic mass is 9.84. The van der Waals surface area contributed by atoms with Crippen LogP contribution in [-0.4, -0.2) is 48.4 Å². The largest absolute Gasteiger partial charge is 0.342 e. The Morgan fingerprint density at radius 1 is 1.16 bits per heavy atom. The number of carbonyl (C=O) groups is 2. The highest BCUT2D eigenvalue weighted by Gasteiger charge is 2.42. The normalized spacial score (nSPS) is 32.9. The van der Waals surface area contributed by atoms with Crippen LogP contribution in [0.3, 0.4) is 0 Å². The van der Waals surface area contributed by atoms with Gasteiger partial charge in [-0.25, -0.2) is 0 Å². The zero-order chi connectivity index (χ0) is 13.2. The average Bonchev–Trinajstić information content (AvgIpc) is 2.46. The summed E-state index contributed by atoms with van der Waals surface area (Å²) >= 11 is 0. The summed E-state index contributed by atoms with van der Waals surface area (Å²) in [7, 11) is 0. The highest BCUT2D eigenvalue weighted by Crippen LogP contribution is 2.28. The third-order valence-electron chi connectivity index (χ3n) is 4.74. The first-order chi connectivity index (χ1) is 9.25. The summed E-state index contributed by atoms with van der Waals surface area (Å²) in [6, 6.07) is -0.561. The van der Waals surface area contributed by atoms with Crippen molar-refractivity contribution in [2.75, 3.05) is 19.6 Å². The fraction of sp³-hybridized carbons (Fsp3) is 0.857. The molecule has 0 spiro atoms. The Hall–Kier alpha value is -1.10. The van der Waals surface area contributed by atoms with Gasteiger partial charge in [-0.15, -0.1) is 0 Å². The number of piperazine rings is 2. The quantitative estimate of drug-likeness (QED) is 0.752. The van der Waals surface area contributed by atoms with Crippen LogP contribution >= 0.6 is 0 Å². The highest BCUT2D eigenvalue weighted by atomic mass is 16.2. The van der Waals surface area contributed by atoms with Crippen LogP contribution in [0.2, 0.25) is 0 Å². The number of hydrogen-bond donors (Lipinski definition) is 2. The predicted molar refractivity (Wildman–Crippen MR) is 71.5 cm³/mol. The minimum Gasteiger partial charge on any atom is -0.342 e. The van der Waals surface area contributed by atoms with E-state index >= 15 is 0 Å². The second-order valence-electron chi connectivity index (χ2n) is 6.05. The number of rotatable bonds is 2. The first-order valence-corrected chi connectivity index (χ1v) is 7.57. The zero-order valence-electron chi connectivity index (χ0n) is 11.4. The molecule has 2 heterocycles. The smallest absolute Gasteiger partial charge is 0.245 e. The summed E-state index contributed by atoms with van der Waals surface area (Å²) < 4.78 is 0. The van der Waals surface area contributed by atoms with Gasteiger partial charge < -0.3 is 15.5 Å². The summed E-state index contributed by atoms with van der Waals surface area (Å²) in [4.78, 5) is 26.3. The fourth-order valence-electron chi connectivity index (χ4n) is 3.65. The van der Waals surface area contributed by atoms with E-state index in [0.717, 1.165) is 13.0 Å². The van der Waals surface area contributed by atoms with Crippen molar-refractivity contribution in [3.63, 3.8) is 0 Å². The number of fused-ring (bicyclic) bond motifs is 1. The van der Waals surface area contributed by atoms with Crippen molar-refractivity contribution < 1.29 is 9.59 Å². The molecule has 19 heavy (non-hydrogen) atoms. The van der Waals surface area contributed by atoms with E-state index in [0.29, 0.717) is 19.0 Å². The van der Waals surface area contributed by atoms with Gasteiger partial charge in [0, 0.05) is 19.6 Å². The molecule has 3 fully saturated rings. The van der Waals surface area contributed by atoms with E-state index in [4.69, 9.17) is 0 Å². The van der Waals surface area contributed by atoms with Gasteiger partial charge >= 0.3 is 0 Å². The van der Waals surface area contributed by atoms with Gasteiger partial charge in [0.15, 0.2) is 0 Å². The molecule has 5 heteroatoms. The molecule has 106 valence electrons. The SMILES string of the molecule is O=C1N[C@@H](CC2CCCCC2)C(=O)N2CCNC[C@H]12. The van der Waals surface area contributed by atoms with Gasteiger partial charge in [0.25, 0.3) is 0 Å². The van der Waals surface area contributed by atoms with Crippen LogP contribution in [0.5, 0.6) is 0 Å². The van der Waals surface area contributed by atoms with Gasteiger partial charge in [-0.05, 0) is 12.3 Å². The molecular formula is C14H23N3O2. The predicted octanol–water partition coefficient (Wildman–Crippen LogP) is 0.256. The number of hydrogen-bond acceptors (Lipinski definition) is 3. The maximum Gasteiger partial charge on any atom is 0.245 e. The first-order valence-electron chi connectivity index (χ1n) is 7.57.